The molecule has 0 radical (unpaired) electrons. The van der Waals surface area contributed by atoms with Crippen molar-refractivity contribution in [1.29, 1.82) is 0 Å². The van der Waals surface area contributed by atoms with E-state index < -0.39 is 0 Å². The Morgan fingerprint density at radius 2 is 1.76 bits per heavy atom. The number of benzene rings is 1. The Morgan fingerprint density at radius 3 is 2.33 bits per heavy atom. The van der Waals surface area contributed by atoms with Crippen LogP contribution in [0.15, 0.2) is 18.2 Å². The topological polar surface area (TPSA) is 56.5 Å². The minimum Gasteiger partial charge on any atom is -0.493 e. The van der Waals surface area contributed by atoms with Gasteiger partial charge in [-0.1, -0.05) is 31.7 Å². The Labute approximate surface area is 128 Å². The summed E-state index contributed by atoms with van der Waals surface area (Å²) in [5.41, 5.74) is 7.15. The van der Waals surface area contributed by atoms with Crippen LogP contribution in [0.3, 0.4) is 0 Å². The minimum absolute atomic E-state index is 0.174. The van der Waals surface area contributed by atoms with Crippen molar-refractivity contribution in [3.05, 3.63) is 23.8 Å². The molecule has 1 aliphatic carbocycles. The molecule has 1 atom stereocenters. The molecule has 4 nitrogen and oxygen atoms in total. The molecule has 2 rings (SSSR count). The van der Waals surface area contributed by atoms with E-state index in [2.05, 4.69) is 11.4 Å². The lowest BCUT2D eigenvalue weighted by Crippen LogP contribution is -2.36. The van der Waals surface area contributed by atoms with Crippen LogP contribution in [0.4, 0.5) is 0 Å². The predicted octanol–water partition coefficient (Wildman–Crippen LogP) is 3.02. The number of nitrogens with one attached hydrogen (secondary N) is 1. The lowest BCUT2D eigenvalue weighted by Gasteiger charge is -2.25. The number of nitrogens with two attached hydrogens (primary N) is 1. The van der Waals surface area contributed by atoms with Gasteiger partial charge in [0, 0.05) is 18.6 Å². The third kappa shape index (κ3) is 4.35. The fourth-order valence-corrected chi connectivity index (χ4v) is 3.10. The smallest absolute Gasteiger partial charge is 0.161 e. The van der Waals surface area contributed by atoms with E-state index >= 15 is 0 Å². The Bertz CT molecular complexity index is 429. The first-order chi connectivity index (χ1) is 10.3. The summed E-state index contributed by atoms with van der Waals surface area (Å²) in [6, 6.07) is 6.80. The van der Waals surface area contributed by atoms with E-state index in [4.69, 9.17) is 15.2 Å². The summed E-state index contributed by atoms with van der Waals surface area (Å²) in [5.74, 6) is 1.52. The molecule has 0 saturated heterocycles. The molecule has 0 bridgehead atoms. The van der Waals surface area contributed by atoms with Gasteiger partial charge in [0.05, 0.1) is 14.2 Å². The van der Waals surface area contributed by atoms with Crippen LogP contribution in [0.1, 0.15) is 50.1 Å². The molecular formula is C17H28N2O2. The van der Waals surface area contributed by atoms with Crippen molar-refractivity contribution in [1.82, 2.24) is 5.32 Å². The van der Waals surface area contributed by atoms with Crippen molar-refractivity contribution in [2.24, 2.45) is 5.73 Å². The molecule has 0 aromatic heterocycles. The Kier molecular flexibility index (Phi) is 6.33. The van der Waals surface area contributed by atoms with Gasteiger partial charge in [-0.2, -0.15) is 0 Å². The SMILES string of the molecule is COc1ccc(C(CN)NC2CCCCCC2)cc1OC. The van der Waals surface area contributed by atoms with Crippen molar-refractivity contribution < 1.29 is 9.47 Å². The lowest BCUT2D eigenvalue weighted by atomic mass is 10.0. The molecule has 1 aromatic rings. The zero-order valence-corrected chi connectivity index (χ0v) is 13.2. The summed E-state index contributed by atoms with van der Waals surface area (Å²) in [6.07, 6.45) is 7.87. The third-order valence-electron chi connectivity index (χ3n) is 4.34. The van der Waals surface area contributed by atoms with Crippen LogP contribution in [-0.4, -0.2) is 26.8 Å². The fraction of sp³-hybridized carbons (Fsp3) is 0.647. The van der Waals surface area contributed by atoms with Gasteiger partial charge in [0.15, 0.2) is 11.5 Å². The maximum atomic E-state index is 5.99. The summed E-state index contributed by atoms with van der Waals surface area (Å²) in [5, 5.41) is 3.73. The Balaban J connectivity index is 2.09. The van der Waals surface area contributed by atoms with E-state index in [1.165, 1.54) is 44.1 Å². The van der Waals surface area contributed by atoms with E-state index in [1.54, 1.807) is 14.2 Å². The highest BCUT2D eigenvalue weighted by Crippen LogP contribution is 2.30. The molecular weight excluding hydrogens is 264 g/mol. The van der Waals surface area contributed by atoms with Crippen LogP contribution < -0.4 is 20.5 Å². The van der Waals surface area contributed by atoms with Gasteiger partial charge in [-0.3, -0.25) is 0 Å². The fourth-order valence-electron chi connectivity index (χ4n) is 3.10. The number of hydrogen-bond acceptors (Lipinski definition) is 4. The van der Waals surface area contributed by atoms with Gasteiger partial charge in [0.1, 0.15) is 0 Å². The molecule has 4 heteroatoms. The van der Waals surface area contributed by atoms with Gasteiger partial charge in [0.2, 0.25) is 0 Å². The molecule has 1 aliphatic rings. The largest absolute Gasteiger partial charge is 0.493 e. The van der Waals surface area contributed by atoms with Crippen molar-refractivity contribution >= 4 is 0 Å². The molecule has 118 valence electrons. The first-order valence-corrected chi connectivity index (χ1v) is 7.96. The van der Waals surface area contributed by atoms with Gasteiger partial charge in [-0.25, -0.2) is 0 Å². The molecule has 3 N–H and O–H groups in total. The van der Waals surface area contributed by atoms with Crippen molar-refractivity contribution in [2.45, 2.75) is 50.6 Å². The Hall–Kier alpha value is -1.26. The zero-order valence-electron chi connectivity index (χ0n) is 13.2. The predicted molar refractivity (Wildman–Crippen MR) is 86.0 cm³/mol. The van der Waals surface area contributed by atoms with Gasteiger partial charge in [-0.05, 0) is 30.5 Å². The van der Waals surface area contributed by atoms with Crippen LogP contribution in [0.25, 0.3) is 0 Å². The molecule has 1 saturated carbocycles. The number of rotatable bonds is 6. The quantitative estimate of drug-likeness (QED) is 0.791. The van der Waals surface area contributed by atoms with Crippen LogP contribution in [0.5, 0.6) is 11.5 Å². The van der Waals surface area contributed by atoms with E-state index in [1.807, 2.05) is 12.1 Å². The summed E-state index contributed by atoms with van der Waals surface area (Å²) in [7, 11) is 3.32. The van der Waals surface area contributed by atoms with E-state index in [0.717, 1.165) is 11.5 Å². The van der Waals surface area contributed by atoms with Crippen LogP contribution in [0, 0.1) is 0 Å². The third-order valence-corrected chi connectivity index (χ3v) is 4.34. The van der Waals surface area contributed by atoms with Crippen molar-refractivity contribution in [3.63, 3.8) is 0 Å². The Morgan fingerprint density at radius 1 is 1.10 bits per heavy atom. The first-order valence-electron chi connectivity index (χ1n) is 7.96. The van der Waals surface area contributed by atoms with Crippen LogP contribution in [-0.2, 0) is 0 Å². The van der Waals surface area contributed by atoms with E-state index in [0.29, 0.717) is 12.6 Å². The second-order valence-electron chi connectivity index (χ2n) is 5.76. The zero-order chi connectivity index (χ0) is 15.1. The van der Waals surface area contributed by atoms with Crippen LogP contribution in [0.2, 0.25) is 0 Å². The second-order valence-corrected chi connectivity index (χ2v) is 5.76. The van der Waals surface area contributed by atoms with Crippen molar-refractivity contribution in [3.8, 4) is 11.5 Å². The van der Waals surface area contributed by atoms with Crippen LogP contribution >= 0.6 is 0 Å². The van der Waals surface area contributed by atoms with Gasteiger partial charge in [-0.15, -0.1) is 0 Å². The van der Waals surface area contributed by atoms with E-state index in [-0.39, 0.29) is 6.04 Å². The highest BCUT2D eigenvalue weighted by molar-refractivity contribution is 5.43. The first kappa shape index (κ1) is 16.1. The van der Waals surface area contributed by atoms with Gasteiger partial charge >= 0.3 is 0 Å². The highest BCUT2D eigenvalue weighted by Gasteiger charge is 2.18. The summed E-state index contributed by atoms with van der Waals surface area (Å²) in [4.78, 5) is 0. The maximum Gasteiger partial charge on any atom is 0.161 e. The summed E-state index contributed by atoms with van der Waals surface area (Å²) < 4.78 is 10.7. The average Bonchev–Trinajstić information content (AvgIpc) is 2.80. The highest BCUT2D eigenvalue weighted by atomic mass is 16.5. The van der Waals surface area contributed by atoms with Gasteiger partial charge < -0.3 is 20.5 Å². The second kappa shape index (κ2) is 8.25. The maximum absolute atomic E-state index is 5.99. The molecule has 1 unspecified atom stereocenters. The molecule has 0 spiro atoms. The molecule has 0 heterocycles. The van der Waals surface area contributed by atoms with Crippen molar-refractivity contribution in [2.75, 3.05) is 20.8 Å². The number of methoxy groups -OCH3 is 2. The monoisotopic (exact) mass is 292 g/mol. The molecule has 1 fully saturated rings. The molecule has 1 aromatic carbocycles. The number of hydrogen-bond donors (Lipinski definition) is 2. The van der Waals surface area contributed by atoms with Gasteiger partial charge in [0.25, 0.3) is 0 Å². The lowest BCUT2D eigenvalue weighted by molar-refractivity contribution is 0.352. The molecule has 0 aliphatic heterocycles. The van der Waals surface area contributed by atoms with E-state index in [9.17, 15) is 0 Å². The average molecular weight is 292 g/mol. The number of ether oxygens (including phenoxy) is 2. The molecule has 0 amide bonds. The molecule has 21 heavy (non-hydrogen) atoms. The standard InChI is InChI=1S/C17H28N2O2/c1-20-16-10-9-13(11-17(16)21-2)15(12-18)19-14-7-5-3-4-6-8-14/h9-11,14-15,19H,3-8,12,18H2,1-2H3. The summed E-state index contributed by atoms with van der Waals surface area (Å²) in [6.45, 7) is 0.589. The minimum atomic E-state index is 0.174. The normalized spacial score (nSPS) is 18.0. The summed E-state index contributed by atoms with van der Waals surface area (Å²) >= 11 is 0.